The molecule has 7 heteroatoms. The van der Waals surface area contributed by atoms with E-state index in [9.17, 15) is 13.6 Å². The van der Waals surface area contributed by atoms with Gasteiger partial charge in [-0.05, 0) is 24.5 Å². The van der Waals surface area contributed by atoms with Crippen LogP contribution in [0, 0.1) is 16.7 Å². The third-order valence-electron chi connectivity index (χ3n) is 4.75. The Labute approximate surface area is 147 Å². The molecule has 1 aromatic heterocycles. The number of carbonyl (C=O) groups excluding carboxylic acids is 1. The Morgan fingerprint density at radius 1 is 1.44 bits per heavy atom. The number of alkyl halides is 2. The van der Waals surface area contributed by atoms with E-state index in [4.69, 9.17) is 5.26 Å². The highest BCUT2D eigenvalue weighted by atomic mass is 19.3. The van der Waals surface area contributed by atoms with E-state index in [1.807, 2.05) is 26.8 Å². The van der Waals surface area contributed by atoms with Crippen molar-refractivity contribution < 1.29 is 13.6 Å². The number of pyridine rings is 1. The number of hydrazine groups is 1. The smallest absolute Gasteiger partial charge is 0.254 e. The molecule has 0 saturated carbocycles. The van der Waals surface area contributed by atoms with Crippen molar-refractivity contribution in [2.75, 3.05) is 13.1 Å². The molecule has 5 nitrogen and oxygen atoms in total. The molecule has 3 rings (SSSR count). The fourth-order valence-corrected chi connectivity index (χ4v) is 3.66. The summed E-state index contributed by atoms with van der Waals surface area (Å²) < 4.78 is 27.3. The van der Waals surface area contributed by atoms with Gasteiger partial charge >= 0.3 is 0 Å². The van der Waals surface area contributed by atoms with Gasteiger partial charge in [0.15, 0.2) is 0 Å². The molecule has 2 fully saturated rings. The Hall–Kier alpha value is -2.07. The average Bonchev–Trinajstić information content (AvgIpc) is 3.16. The Morgan fingerprint density at radius 2 is 2.16 bits per heavy atom. The van der Waals surface area contributed by atoms with Gasteiger partial charge in [-0.15, -0.1) is 0 Å². The van der Waals surface area contributed by atoms with Gasteiger partial charge < -0.3 is 0 Å². The van der Waals surface area contributed by atoms with Gasteiger partial charge in [-0.2, -0.15) is 5.26 Å². The summed E-state index contributed by atoms with van der Waals surface area (Å²) in [4.78, 5) is 16.8. The van der Waals surface area contributed by atoms with Gasteiger partial charge in [-0.1, -0.05) is 27.2 Å². The van der Waals surface area contributed by atoms with Crippen molar-refractivity contribution in [1.29, 1.82) is 5.26 Å². The molecule has 2 aliphatic heterocycles. The lowest BCUT2D eigenvalue weighted by atomic mass is 9.83. The number of carbonyl (C=O) groups is 1. The van der Waals surface area contributed by atoms with Crippen LogP contribution in [0.2, 0.25) is 0 Å². The van der Waals surface area contributed by atoms with Crippen molar-refractivity contribution >= 4 is 5.91 Å². The van der Waals surface area contributed by atoms with Crippen LogP contribution in [0.15, 0.2) is 18.5 Å². The lowest BCUT2D eigenvalue weighted by Gasteiger charge is -2.28. The van der Waals surface area contributed by atoms with E-state index in [-0.39, 0.29) is 19.0 Å². The van der Waals surface area contributed by atoms with Crippen LogP contribution in [0.1, 0.15) is 57.2 Å². The van der Waals surface area contributed by atoms with Gasteiger partial charge in [0, 0.05) is 25.5 Å². The number of fused-ring (bicyclic) bond motifs is 1. The number of halogens is 2. The predicted octanol–water partition coefficient (Wildman–Crippen LogP) is 3.54. The molecule has 0 spiro atoms. The second-order valence-electron chi connectivity index (χ2n) is 6.17. The summed E-state index contributed by atoms with van der Waals surface area (Å²) in [6.45, 7) is 6.44. The van der Waals surface area contributed by atoms with E-state index in [2.05, 4.69) is 4.98 Å². The number of nitriles is 1. The summed E-state index contributed by atoms with van der Waals surface area (Å²) in [6, 6.07) is 3.38. The molecule has 2 atom stereocenters. The fourth-order valence-electron chi connectivity index (χ4n) is 3.66. The highest BCUT2D eigenvalue weighted by molar-refractivity contribution is 5.85. The Kier molecular flexibility index (Phi) is 6.07. The summed E-state index contributed by atoms with van der Waals surface area (Å²) in [5.74, 6) is -0.501. The van der Waals surface area contributed by atoms with E-state index in [1.165, 1.54) is 11.2 Å². The average molecular weight is 350 g/mol. The van der Waals surface area contributed by atoms with Crippen LogP contribution < -0.4 is 0 Å². The lowest BCUT2D eigenvalue weighted by Crippen LogP contribution is -2.41. The lowest BCUT2D eigenvalue weighted by molar-refractivity contribution is -0.149. The monoisotopic (exact) mass is 350 g/mol. The zero-order valence-electron chi connectivity index (χ0n) is 14.9. The van der Waals surface area contributed by atoms with Crippen molar-refractivity contribution in [3.63, 3.8) is 0 Å². The summed E-state index contributed by atoms with van der Waals surface area (Å²) in [5, 5.41) is 12.2. The number of rotatable bonds is 4. The van der Waals surface area contributed by atoms with Crippen molar-refractivity contribution in [2.45, 2.75) is 52.5 Å². The van der Waals surface area contributed by atoms with Crippen LogP contribution >= 0.6 is 0 Å². The second kappa shape index (κ2) is 7.87. The van der Waals surface area contributed by atoms with Crippen molar-refractivity contribution in [1.82, 2.24) is 15.0 Å². The minimum absolute atomic E-state index is 0.0687. The van der Waals surface area contributed by atoms with Gasteiger partial charge in [0.1, 0.15) is 11.5 Å². The van der Waals surface area contributed by atoms with Crippen LogP contribution in [0.25, 0.3) is 0 Å². The minimum atomic E-state index is -2.68. The first-order valence-corrected chi connectivity index (χ1v) is 8.75. The molecule has 2 aliphatic rings. The van der Waals surface area contributed by atoms with E-state index < -0.39 is 17.7 Å². The molecule has 2 unspecified atom stereocenters. The third kappa shape index (κ3) is 3.23. The summed E-state index contributed by atoms with van der Waals surface area (Å²) >= 11 is 0. The van der Waals surface area contributed by atoms with Crippen LogP contribution in [-0.2, 0) is 4.79 Å². The molecule has 2 saturated heterocycles. The predicted molar refractivity (Wildman–Crippen MR) is 89.4 cm³/mol. The zero-order chi connectivity index (χ0) is 18.6. The summed E-state index contributed by atoms with van der Waals surface area (Å²) in [6.07, 6.45) is 1.75. The van der Waals surface area contributed by atoms with Crippen LogP contribution in [0.4, 0.5) is 8.78 Å². The number of amides is 1. The van der Waals surface area contributed by atoms with Crippen LogP contribution in [0.5, 0.6) is 0 Å². The Balaban J connectivity index is 0.00000109. The van der Waals surface area contributed by atoms with Gasteiger partial charge in [-0.25, -0.2) is 13.8 Å². The van der Waals surface area contributed by atoms with Gasteiger partial charge in [-0.3, -0.25) is 14.8 Å². The first-order chi connectivity index (χ1) is 12.0. The largest absolute Gasteiger partial charge is 0.272 e. The van der Waals surface area contributed by atoms with E-state index in [1.54, 1.807) is 17.3 Å². The molecule has 0 aliphatic carbocycles. The normalized spacial score (nSPS) is 25.6. The molecular weight excluding hydrogens is 326 g/mol. The maximum atomic E-state index is 13.7. The molecule has 0 aromatic carbocycles. The van der Waals surface area contributed by atoms with Gasteiger partial charge in [0.05, 0.1) is 11.6 Å². The second-order valence-corrected chi connectivity index (χ2v) is 6.17. The molecule has 136 valence electrons. The first kappa shape index (κ1) is 19.3. The number of hydrogen-bond donors (Lipinski definition) is 0. The van der Waals surface area contributed by atoms with E-state index in [0.717, 1.165) is 5.56 Å². The molecule has 0 N–H and O–H groups in total. The van der Waals surface area contributed by atoms with E-state index in [0.29, 0.717) is 24.9 Å². The Morgan fingerprint density at radius 3 is 2.76 bits per heavy atom. The molecule has 1 amide bonds. The first-order valence-electron chi connectivity index (χ1n) is 8.75. The highest BCUT2D eigenvalue weighted by Gasteiger charge is 2.59. The SMILES string of the molecule is CC.CCCC1(C(F)F)CN2CCC(c3cncc(C#N)c3)N2C1=O. The van der Waals surface area contributed by atoms with Gasteiger partial charge in [0.25, 0.3) is 12.3 Å². The van der Waals surface area contributed by atoms with Crippen molar-refractivity contribution in [3.8, 4) is 6.07 Å². The number of nitrogens with zero attached hydrogens (tertiary/aromatic N) is 4. The van der Waals surface area contributed by atoms with Crippen molar-refractivity contribution in [3.05, 3.63) is 29.6 Å². The maximum absolute atomic E-state index is 13.7. The number of hydrogen-bond acceptors (Lipinski definition) is 4. The van der Waals surface area contributed by atoms with Crippen LogP contribution in [-0.4, -0.2) is 40.4 Å². The number of aromatic nitrogens is 1. The molecule has 0 radical (unpaired) electrons. The molecular formula is C18H24F2N4O. The molecule has 1 aromatic rings. The standard InChI is InChI=1S/C16H18F2N4O.C2H6/c1-2-4-16(14(17)18)10-21-5-3-13(22(21)15(16)23)12-6-11(7-19)8-20-9-12;1-2/h6,8-9,13-14H,2-5,10H2,1H3;1-2H3. The molecule has 0 bridgehead atoms. The summed E-state index contributed by atoms with van der Waals surface area (Å²) in [7, 11) is 0. The van der Waals surface area contributed by atoms with Gasteiger partial charge in [0.2, 0.25) is 0 Å². The topological polar surface area (TPSA) is 60.2 Å². The Bertz CT molecular complexity index is 661. The molecule has 3 heterocycles. The zero-order valence-corrected chi connectivity index (χ0v) is 14.9. The molecule has 25 heavy (non-hydrogen) atoms. The quantitative estimate of drug-likeness (QED) is 0.833. The minimum Gasteiger partial charge on any atom is -0.272 e. The fraction of sp³-hybridized carbons (Fsp3) is 0.611. The highest BCUT2D eigenvalue weighted by Crippen LogP contribution is 2.47. The maximum Gasteiger partial charge on any atom is 0.254 e. The third-order valence-corrected chi connectivity index (χ3v) is 4.75. The van der Waals surface area contributed by atoms with Crippen molar-refractivity contribution in [2.24, 2.45) is 5.41 Å². The van der Waals surface area contributed by atoms with Crippen LogP contribution in [0.3, 0.4) is 0 Å². The summed E-state index contributed by atoms with van der Waals surface area (Å²) in [5.41, 5.74) is -0.476. The van der Waals surface area contributed by atoms with E-state index >= 15 is 0 Å².